The average molecular weight is 256 g/mol. The molecule has 6 nitrogen and oxygen atoms in total. The lowest BCUT2D eigenvalue weighted by Gasteiger charge is -2.28. The maximum atomic E-state index is 4.31. The first-order valence-electron chi connectivity index (χ1n) is 6.27. The standard InChI is InChI=1S/C13H16N6/c1-19(12-4-2-3-5-15-12)13-6-11(16-9-17-13)18-10-7-14-8-10/h2-6,9-10,14H,7-8H2,1H3,(H,16,17,18). The van der Waals surface area contributed by atoms with Crippen molar-refractivity contribution in [1.82, 2.24) is 20.3 Å². The second-order valence-corrected chi connectivity index (χ2v) is 4.51. The van der Waals surface area contributed by atoms with Crippen LogP contribution in [0.3, 0.4) is 0 Å². The Bertz CT molecular complexity index is 540. The molecule has 0 amide bonds. The normalized spacial score (nSPS) is 14.8. The van der Waals surface area contributed by atoms with Crippen LogP contribution >= 0.6 is 0 Å². The molecule has 2 N–H and O–H groups in total. The molecule has 0 saturated carbocycles. The summed E-state index contributed by atoms with van der Waals surface area (Å²) < 4.78 is 0. The summed E-state index contributed by atoms with van der Waals surface area (Å²) in [5, 5.41) is 6.58. The largest absolute Gasteiger partial charge is 0.365 e. The Morgan fingerprint density at radius 2 is 2.11 bits per heavy atom. The summed E-state index contributed by atoms with van der Waals surface area (Å²) in [5.74, 6) is 2.53. The van der Waals surface area contributed by atoms with Crippen LogP contribution in [0.2, 0.25) is 0 Å². The van der Waals surface area contributed by atoms with E-state index in [9.17, 15) is 0 Å². The maximum absolute atomic E-state index is 4.31. The number of anilines is 3. The van der Waals surface area contributed by atoms with Gasteiger partial charge < -0.3 is 15.5 Å². The fourth-order valence-corrected chi connectivity index (χ4v) is 1.88. The molecule has 1 saturated heterocycles. The minimum atomic E-state index is 0.461. The summed E-state index contributed by atoms with van der Waals surface area (Å²) >= 11 is 0. The first-order valence-corrected chi connectivity index (χ1v) is 6.27. The first kappa shape index (κ1) is 11.9. The van der Waals surface area contributed by atoms with E-state index in [-0.39, 0.29) is 0 Å². The Morgan fingerprint density at radius 3 is 2.79 bits per heavy atom. The molecule has 0 atom stereocenters. The lowest BCUT2D eigenvalue weighted by atomic mass is 10.2. The zero-order chi connectivity index (χ0) is 13.1. The monoisotopic (exact) mass is 256 g/mol. The molecule has 0 radical (unpaired) electrons. The molecule has 1 aliphatic rings. The lowest BCUT2D eigenvalue weighted by molar-refractivity contribution is 0.471. The SMILES string of the molecule is CN(c1ccccn1)c1cc(NC2CNC2)ncn1. The molecule has 0 bridgehead atoms. The number of aromatic nitrogens is 3. The van der Waals surface area contributed by atoms with Crippen molar-refractivity contribution in [3.63, 3.8) is 0 Å². The minimum absolute atomic E-state index is 0.461. The molecular formula is C13H16N6. The van der Waals surface area contributed by atoms with E-state index in [2.05, 4.69) is 25.6 Å². The second-order valence-electron chi connectivity index (χ2n) is 4.51. The zero-order valence-corrected chi connectivity index (χ0v) is 10.7. The molecule has 1 fully saturated rings. The predicted octanol–water partition coefficient (Wildman–Crippen LogP) is 1.02. The van der Waals surface area contributed by atoms with Crippen molar-refractivity contribution >= 4 is 17.5 Å². The molecule has 3 heterocycles. The highest BCUT2D eigenvalue weighted by Crippen LogP contribution is 2.20. The van der Waals surface area contributed by atoms with Gasteiger partial charge in [0.25, 0.3) is 0 Å². The van der Waals surface area contributed by atoms with Crippen LogP contribution in [0, 0.1) is 0 Å². The number of hydrogen-bond acceptors (Lipinski definition) is 6. The van der Waals surface area contributed by atoms with E-state index in [1.54, 1.807) is 12.5 Å². The summed E-state index contributed by atoms with van der Waals surface area (Å²) in [5.41, 5.74) is 0. The van der Waals surface area contributed by atoms with Gasteiger partial charge in [0.1, 0.15) is 23.8 Å². The molecule has 0 spiro atoms. The van der Waals surface area contributed by atoms with E-state index in [1.807, 2.05) is 36.2 Å². The van der Waals surface area contributed by atoms with Gasteiger partial charge in [-0.1, -0.05) is 6.07 Å². The van der Waals surface area contributed by atoms with Crippen LogP contribution in [0.4, 0.5) is 17.5 Å². The molecule has 6 heteroatoms. The van der Waals surface area contributed by atoms with Crippen LogP contribution in [0.25, 0.3) is 0 Å². The van der Waals surface area contributed by atoms with E-state index in [0.717, 1.165) is 30.5 Å². The quantitative estimate of drug-likeness (QED) is 0.851. The molecule has 1 aliphatic heterocycles. The Morgan fingerprint density at radius 1 is 1.21 bits per heavy atom. The minimum Gasteiger partial charge on any atom is -0.365 e. The van der Waals surface area contributed by atoms with Gasteiger partial charge in [0.05, 0.1) is 6.04 Å². The third-order valence-corrected chi connectivity index (χ3v) is 3.12. The van der Waals surface area contributed by atoms with Crippen LogP contribution < -0.4 is 15.5 Å². The van der Waals surface area contributed by atoms with Gasteiger partial charge in [0, 0.05) is 32.4 Å². The van der Waals surface area contributed by atoms with Crippen molar-refractivity contribution < 1.29 is 0 Å². The fraction of sp³-hybridized carbons (Fsp3) is 0.308. The van der Waals surface area contributed by atoms with Gasteiger partial charge in [-0.05, 0) is 12.1 Å². The topological polar surface area (TPSA) is 66.0 Å². The highest BCUT2D eigenvalue weighted by Gasteiger charge is 2.17. The Balaban J connectivity index is 1.78. The maximum Gasteiger partial charge on any atom is 0.139 e. The van der Waals surface area contributed by atoms with Gasteiger partial charge in [-0.15, -0.1) is 0 Å². The molecular weight excluding hydrogens is 240 g/mol. The molecule has 3 rings (SSSR count). The highest BCUT2D eigenvalue weighted by atomic mass is 15.2. The molecule has 0 aromatic carbocycles. The number of nitrogens with one attached hydrogen (secondary N) is 2. The average Bonchev–Trinajstić information content (AvgIpc) is 2.43. The molecule has 19 heavy (non-hydrogen) atoms. The zero-order valence-electron chi connectivity index (χ0n) is 10.7. The summed E-state index contributed by atoms with van der Waals surface area (Å²) in [7, 11) is 1.94. The van der Waals surface area contributed by atoms with Crippen LogP contribution in [-0.2, 0) is 0 Å². The van der Waals surface area contributed by atoms with Gasteiger partial charge in [0.2, 0.25) is 0 Å². The smallest absolute Gasteiger partial charge is 0.139 e. The molecule has 2 aromatic heterocycles. The summed E-state index contributed by atoms with van der Waals surface area (Å²) in [4.78, 5) is 14.8. The summed E-state index contributed by atoms with van der Waals surface area (Å²) in [6, 6.07) is 8.20. The molecule has 0 unspecified atom stereocenters. The molecule has 2 aromatic rings. The number of rotatable bonds is 4. The van der Waals surface area contributed by atoms with Gasteiger partial charge in [-0.25, -0.2) is 15.0 Å². The van der Waals surface area contributed by atoms with Crippen molar-refractivity contribution in [1.29, 1.82) is 0 Å². The van der Waals surface area contributed by atoms with Crippen molar-refractivity contribution in [2.75, 3.05) is 30.4 Å². The summed E-state index contributed by atoms with van der Waals surface area (Å²) in [6.45, 7) is 1.96. The third kappa shape index (κ3) is 2.63. The molecule has 98 valence electrons. The van der Waals surface area contributed by atoms with Crippen molar-refractivity contribution in [2.45, 2.75) is 6.04 Å². The van der Waals surface area contributed by atoms with Crippen molar-refractivity contribution in [2.24, 2.45) is 0 Å². The Kier molecular flexibility index (Phi) is 3.24. The number of hydrogen-bond donors (Lipinski definition) is 2. The highest BCUT2D eigenvalue weighted by molar-refractivity contribution is 5.58. The lowest BCUT2D eigenvalue weighted by Crippen LogP contribution is -2.51. The number of pyridine rings is 1. The van der Waals surface area contributed by atoms with Gasteiger partial charge in [-0.2, -0.15) is 0 Å². The van der Waals surface area contributed by atoms with Crippen LogP contribution in [0.5, 0.6) is 0 Å². The van der Waals surface area contributed by atoms with Crippen LogP contribution in [0.1, 0.15) is 0 Å². The van der Waals surface area contributed by atoms with Crippen LogP contribution in [-0.4, -0.2) is 41.1 Å². The number of nitrogens with zero attached hydrogens (tertiary/aromatic N) is 4. The van der Waals surface area contributed by atoms with E-state index in [4.69, 9.17) is 0 Å². The first-order chi connectivity index (χ1) is 9.33. The van der Waals surface area contributed by atoms with Crippen molar-refractivity contribution in [3.05, 3.63) is 36.8 Å². The third-order valence-electron chi connectivity index (χ3n) is 3.12. The second kappa shape index (κ2) is 5.19. The van der Waals surface area contributed by atoms with Gasteiger partial charge in [0.15, 0.2) is 0 Å². The fourth-order valence-electron chi connectivity index (χ4n) is 1.88. The van der Waals surface area contributed by atoms with Gasteiger partial charge >= 0.3 is 0 Å². The Hall–Kier alpha value is -2.21. The Labute approximate surface area is 111 Å². The molecule has 0 aliphatic carbocycles. The van der Waals surface area contributed by atoms with Gasteiger partial charge in [-0.3, -0.25) is 0 Å². The van der Waals surface area contributed by atoms with E-state index in [0.29, 0.717) is 6.04 Å². The van der Waals surface area contributed by atoms with E-state index < -0.39 is 0 Å². The van der Waals surface area contributed by atoms with Crippen molar-refractivity contribution in [3.8, 4) is 0 Å². The van der Waals surface area contributed by atoms with E-state index in [1.165, 1.54) is 0 Å². The predicted molar refractivity (Wildman–Crippen MR) is 74.6 cm³/mol. The van der Waals surface area contributed by atoms with Crippen LogP contribution in [0.15, 0.2) is 36.8 Å². The van der Waals surface area contributed by atoms with E-state index >= 15 is 0 Å². The summed E-state index contributed by atoms with van der Waals surface area (Å²) in [6.07, 6.45) is 3.34.